The van der Waals surface area contributed by atoms with E-state index in [4.69, 9.17) is 52.0 Å². The van der Waals surface area contributed by atoms with Gasteiger partial charge in [-0.1, -0.05) is 41.6 Å². The highest BCUT2D eigenvalue weighted by Crippen LogP contribution is 2.08. The third kappa shape index (κ3) is 47.9. The van der Waals surface area contributed by atoms with E-state index in [9.17, 15) is 9.59 Å². The van der Waals surface area contributed by atoms with E-state index in [2.05, 4.69) is 15.9 Å². The summed E-state index contributed by atoms with van der Waals surface area (Å²) in [6, 6.07) is 0. The molecule has 0 heterocycles. The van der Waals surface area contributed by atoms with Gasteiger partial charge in [0.2, 0.25) is 0 Å². The highest BCUT2D eigenvalue weighted by atomic mass is 79.9. The Morgan fingerprint density at radius 2 is 1.03 bits per heavy atom. The van der Waals surface area contributed by atoms with Crippen molar-refractivity contribution in [1.82, 2.24) is 0 Å². The molecule has 0 aliphatic heterocycles. The summed E-state index contributed by atoms with van der Waals surface area (Å²) in [4.78, 5) is 21.9. The Bertz CT molecular complexity index is 533. The van der Waals surface area contributed by atoms with Gasteiger partial charge in [0.15, 0.2) is 0 Å². The van der Waals surface area contributed by atoms with Gasteiger partial charge in [-0.3, -0.25) is 4.79 Å². The fraction of sp³-hybridized carbons (Fsp3) is 0.929. The summed E-state index contributed by atoms with van der Waals surface area (Å²) in [5, 5.41) is 8.63. The van der Waals surface area contributed by atoms with Crippen LogP contribution < -0.4 is 0 Å². The average Bonchev–Trinajstić information content (AvgIpc) is 2.83. The van der Waals surface area contributed by atoms with Crippen LogP contribution in [-0.4, -0.2) is 91.6 Å². The summed E-state index contributed by atoms with van der Waals surface area (Å²) in [5.74, 6) is 0.938. The van der Waals surface area contributed by atoms with Crippen LogP contribution in [0.2, 0.25) is 0 Å². The monoisotopic (exact) mass is 668 g/mol. The van der Waals surface area contributed by atoms with Crippen molar-refractivity contribution in [3.05, 3.63) is 0 Å². The molecule has 0 bridgehead atoms. The van der Waals surface area contributed by atoms with Crippen LogP contribution in [0.1, 0.15) is 92.9 Å². The highest BCUT2D eigenvalue weighted by molar-refractivity contribution is 9.09. The minimum absolute atomic E-state index is 0.0175. The maximum Gasteiger partial charge on any atom is 0.332 e. The van der Waals surface area contributed by atoms with Crippen molar-refractivity contribution in [1.29, 1.82) is 0 Å². The van der Waals surface area contributed by atoms with Gasteiger partial charge in [-0.2, -0.15) is 0 Å². The first-order chi connectivity index (χ1) is 18.3. The van der Waals surface area contributed by atoms with Gasteiger partial charge in [0.25, 0.3) is 0 Å². The smallest absolute Gasteiger partial charge is 0.332 e. The lowest BCUT2D eigenvalue weighted by Crippen LogP contribution is -2.27. The number of ether oxygens (including phenoxy) is 5. The lowest BCUT2D eigenvalue weighted by atomic mass is 10.2. The van der Waals surface area contributed by atoms with Crippen molar-refractivity contribution in [3.8, 4) is 0 Å². The molecule has 0 fully saturated rings. The van der Waals surface area contributed by atoms with Crippen LogP contribution in [0.3, 0.4) is 0 Å². The molecule has 11 heteroatoms. The molecule has 0 aromatic heterocycles. The SMILES string of the molecule is CC(C)(C)OC(=O)CBr.CC(C)(C)OC(=O)COCCOCCCCCCCl.OCCOCCCCCCCl. The van der Waals surface area contributed by atoms with Gasteiger partial charge in [-0.15, -0.1) is 23.2 Å². The number of aliphatic hydroxyl groups is 1. The largest absolute Gasteiger partial charge is 0.459 e. The van der Waals surface area contributed by atoms with E-state index in [1.54, 1.807) is 0 Å². The molecule has 0 unspecified atom stereocenters. The maximum atomic E-state index is 11.3. The third-order valence-electron chi connectivity index (χ3n) is 4.12. The van der Waals surface area contributed by atoms with Crippen LogP contribution in [0.15, 0.2) is 0 Å². The summed E-state index contributed by atoms with van der Waals surface area (Å²) >= 11 is 14.1. The molecule has 39 heavy (non-hydrogen) atoms. The van der Waals surface area contributed by atoms with E-state index in [0.29, 0.717) is 19.8 Å². The number of halogens is 3. The van der Waals surface area contributed by atoms with Crippen molar-refractivity contribution < 1.29 is 38.4 Å². The van der Waals surface area contributed by atoms with Crippen molar-refractivity contribution in [2.45, 2.75) is 104 Å². The average molecular weight is 671 g/mol. The molecule has 0 saturated carbocycles. The predicted molar refractivity (Wildman–Crippen MR) is 163 cm³/mol. The summed E-state index contributed by atoms with van der Waals surface area (Å²) in [7, 11) is 0. The van der Waals surface area contributed by atoms with Crippen LogP contribution in [0, 0.1) is 0 Å². The Labute approximate surface area is 256 Å². The second-order valence-corrected chi connectivity index (χ2v) is 11.8. The zero-order chi connectivity index (χ0) is 30.4. The highest BCUT2D eigenvalue weighted by Gasteiger charge is 2.16. The molecule has 0 atom stereocenters. The Kier molecular flexibility index (Phi) is 34.2. The maximum absolute atomic E-state index is 11.3. The Balaban J connectivity index is -0.000000549. The molecule has 0 radical (unpaired) electrons. The molecule has 0 aliphatic rings. The van der Waals surface area contributed by atoms with Crippen LogP contribution in [0.25, 0.3) is 0 Å². The van der Waals surface area contributed by atoms with Crippen LogP contribution in [0.5, 0.6) is 0 Å². The molecular formula is C28H55BrCl2O8. The van der Waals surface area contributed by atoms with E-state index in [0.717, 1.165) is 63.5 Å². The third-order valence-corrected chi connectivity index (χ3v) is 5.11. The first-order valence-corrected chi connectivity index (χ1v) is 16.0. The Morgan fingerprint density at radius 3 is 1.41 bits per heavy atom. The van der Waals surface area contributed by atoms with Crippen LogP contribution in [0.4, 0.5) is 0 Å². The minimum atomic E-state index is -0.458. The molecule has 0 spiro atoms. The molecule has 236 valence electrons. The fourth-order valence-electron chi connectivity index (χ4n) is 2.59. The van der Waals surface area contributed by atoms with Crippen molar-refractivity contribution in [2.24, 2.45) is 0 Å². The van der Waals surface area contributed by atoms with Crippen molar-refractivity contribution in [3.63, 3.8) is 0 Å². The summed E-state index contributed by atoms with van der Waals surface area (Å²) < 4.78 is 25.6. The number of esters is 2. The number of alkyl halides is 3. The number of rotatable bonds is 20. The number of hydrogen-bond acceptors (Lipinski definition) is 8. The van der Waals surface area contributed by atoms with Gasteiger partial charge in [0.1, 0.15) is 23.1 Å². The number of aliphatic hydroxyl groups excluding tert-OH is 1. The van der Waals surface area contributed by atoms with Crippen LogP contribution in [-0.2, 0) is 33.3 Å². The quantitative estimate of drug-likeness (QED) is 0.0871. The minimum Gasteiger partial charge on any atom is -0.459 e. The Hall–Kier alpha value is -0.160. The molecule has 0 aliphatic carbocycles. The van der Waals surface area contributed by atoms with E-state index in [1.807, 2.05) is 41.5 Å². The van der Waals surface area contributed by atoms with Gasteiger partial charge in [0.05, 0.1) is 26.4 Å². The van der Waals surface area contributed by atoms with Gasteiger partial charge in [-0.25, -0.2) is 4.79 Å². The zero-order valence-electron chi connectivity index (χ0n) is 25.2. The van der Waals surface area contributed by atoms with Crippen molar-refractivity contribution >= 4 is 51.1 Å². The second-order valence-electron chi connectivity index (χ2n) is 10.5. The molecule has 0 aromatic carbocycles. The number of hydrogen-bond donors (Lipinski definition) is 1. The van der Waals surface area contributed by atoms with Gasteiger partial charge < -0.3 is 28.8 Å². The first kappa shape index (κ1) is 43.3. The summed E-state index contributed by atoms with van der Waals surface area (Å²) in [5.41, 5.74) is -0.815. The zero-order valence-corrected chi connectivity index (χ0v) is 28.3. The van der Waals surface area contributed by atoms with E-state index < -0.39 is 5.60 Å². The first-order valence-electron chi connectivity index (χ1n) is 13.8. The van der Waals surface area contributed by atoms with E-state index in [-0.39, 0.29) is 36.1 Å². The number of carbonyl (C=O) groups is 2. The lowest BCUT2D eigenvalue weighted by molar-refractivity contribution is -0.160. The molecule has 0 rings (SSSR count). The normalized spacial score (nSPS) is 11.1. The summed E-state index contributed by atoms with van der Waals surface area (Å²) in [6.45, 7) is 14.0. The predicted octanol–water partition coefficient (Wildman–Crippen LogP) is 6.68. The molecule has 0 saturated heterocycles. The van der Waals surface area contributed by atoms with Gasteiger partial charge in [0, 0.05) is 25.0 Å². The van der Waals surface area contributed by atoms with Crippen LogP contribution >= 0.6 is 39.1 Å². The molecule has 8 nitrogen and oxygen atoms in total. The molecule has 0 amide bonds. The lowest BCUT2D eigenvalue weighted by Gasteiger charge is -2.19. The van der Waals surface area contributed by atoms with Crippen molar-refractivity contribution in [2.75, 3.05) is 63.3 Å². The fourth-order valence-corrected chi connectivity index (χ4v) is 3.08. The second kappa shape index (κ2) is 30.8. The topological polar surface area (TPSA) is 101 Å². The Morgan fingerprint density at radius 1 is 0.615 bits per heavy atom. The standard InChI is InChI=1S/C14H27ClO4.C8H17ClO2.C6H11BrO2/c1-14(2,3)19-13(16)12-18-11-10-17-9-7-5-4-6-8-15;9-5-3-1-2-4-7-11-8-6-10;1-6(2,3)9-5(8)4-7/h4-12H2,1-3H3;10H,1-8H2;4H2,1-3H3. The molecule has 0 aromatic rings. The van der Waals surface area contributed by atoms with Gasteiger partial charge >= 0.3 is 11.9 Å². The van der Waals surface area contributed by atoms with Gasteiger partial charge in [-0.05, 0) is 67.2 Å². The number of carbonyl (C=O) groups excluding carboxylic acids is 2. The van der Waals surface area contributed by atoms with E-state index >= 15 is 0 Å². The van der Waals surface area contributed by atoms with E-state index in [1.165, 1.54) is 12.8 Å². The molecule has 1 N–H and O–H groups in total. The molecular weight excluding hydrogens is 615 g/mol. The summed E-state index contributed by atoms with van der Waals surface area (Å²) in [6.07, 6.45) is 8.96. The number of unbranched alkanes of at least 4 members (excludes halogenated alkanes) is 6.